The molecule has 4 nitrogen and oxygen atoms in total. The van der Waals surface area contributed by atoms with Crippen molar-refractivity contribution in [1.29, 1.82) is 0 Å². The van der Waals surface area contributed by atoms with Crippen LogP contribution < -0.4 is 0 Å². The topological polar surface area (TPSA) is 46.5 Å². The molecule has 0 aliphatic rings. The van der Waals surface area contributed by atoms with Gasteiger partial charge < -0.3 is 13.9 Å². The number of nitrogens with zero attached hydrogens (tertiary/aromatic N) is 1. The zero-order valence-electron chi connectivity index (χ0n) is 22.1. The van der Waals surface area contributed by atoms with Crippen LogP contribution in [0.2, 0.25) is 0 Å². The van der Waals surface area contributed by atoms with Crippen molar-refractivity contribution in [2.75, 3.05) is 27.7 Å². The molecular formula is C27H55NO3P+. The second-order valence-corrected chi connectivity index (χ2v) is 12.0. The smallest absolute Gasteiger partial charge is 0.320 e. The van der Waals surface area contributed by atoms with Crippen LogP contribution >= 0.6 is 7.60 Å². The number of hydrogen-bond acceptors (Lipinski definition) is 2. The van der Waals surface area contributed by atoms with Crippen molar-refractivity contribution in [3.63, 3.8) is 0 Å². The number of unbranched alkanes of at least 4 members (excludes halogenated alkanes) is 12. The minimum atomic E-state index is -3.56. The van der Waals surface area contributed by atoms with Gasteiger partial charge in [0, 0.05) is 6.42 Å². The molecule has 0 aliphatic carbocycles. The summed E-state index contributed by atoms with van der Waals surface area (Å²) in [5.74, 6) is -0.353. The molecule has 2 atom stereocenters. The summed E-state index contributed by atoms with van der Waals surface area (Å²) in [6.45, 7) is 4.59. The molecule has 5 heteroatoms. The lowest BCUT2D eigenvalue weighted by molar-refractivity contribution is -0.883. The van der Waals surface area contributed by atoms with Crippen molar-refractivity contribution in [2.45, 2.75) is 122 Å². The molecule has 0 aliphatic heterocycles. The van der Waals surface area contributed by atoms with E-state index in [4.69, 9.17) is 4.52 Å². The van der Waals surface area contributed by atoms with Gasteiger partial charge in [0.25, 0.3) is 0 Å². The van der Waals surface area contributed by atoms with Gasteiger partial charge in [0.15, 0.2) is 5.78 Å². The minimum Gasteiger partial charge on any atom is -0.320 e. The van der Waals surface area contributed by atoms with Gasteiger partial charge in [0.2, 0.25) is 0 Å². The molecule has 0 radical (unpaired) electrons. The molecule has 0 saturated carbocycles. The summed E-state index contributed by atoms with van der Waals surface area (Å²) in [5, 5.41) is 0. The largest absolute Gasteiger partial charge is 0.385 e. The molecule has 0 aromatic heterocycles. The number of allylic oxidation sites excluding steroid dienone is 4. The Bertz CT molecular complexity index is 525. The lowest BCUT2D eigenvalue weighted by atomic mass is 10.1. The lowest BCUT2D eigenvalue weighted by Crippen LogP contribution is -2.44. The number of rotatable bonds is 22. The van der Waals surface area contributed by atoms with E-state index in [-0.39, 0.29) is 5.78 Å². The van der Waals surface area contributed by atoms with Crippen LogP contribution in [0.5, 0.6) is 0 Å². The average molecular weight is 473 g/mol. The normalized spacial score (nSPS) is 15.6. The number of quaternary nitrogens is 1. The predicted molar refractivity (Wildman–Crippen MR) is 141 cm³/mol. The van der Waals surface area contributed by atoms with Gasteiger partial charge in [0.05, 0.1) is 27.7 Å². The molecule has 0 heterocycles. The summed E-state index contributed by atoms with van der Waals surface area (Å²) in [7, 11) is 2.29. The van der Waals surface area contributed by atoms with Gasteiger partial charge in [-0.15, -0.1) is 0 Å². The van der Waals surface area contributed by atoms with Gasteiger partial charge in [-0.05, 0) is 51.4 Å². The Balaban J connectivity index is 3.50. The van der Waals surface area contributed by atoms with Crippen molar-refractivity contribution >= 4 is 7.60 Å². The lowest BCUT2D eigenvalue weighted by Gasteiger charge is -2.35. The average Bonchev–Trinajstić information content (AvgIpc) is 2.71. The van der Waals surface area contributed by atoms with Gasteiger partial charge in [-0.3, -0.25) is 4.57 Å². The van der Waals surface area contributed by atoms with Crippen LogP contribution in [0.25, 0.3) is 0 Å². The Labute approximate surface area is 200 Å². The quantitative estimate of drug-likeness (QED) is 0.0742. The Morgan fingerprint density at radius 2 is 1.12 bits per heavy atom. The van der Waals surface area contributed by atoms with Crippen LogP contribution in [0, 0.1) is 0 Å². The van der Waals surface area contributed by atoms with Crippen molar-refractivity contribution in [3.05, 3.63) is 24.3 Å². The van der Waals surface area contributed by atoms with E-state index in [1.807, 2.05) is 28.1 Å². The third-order valence-electron chi connectivity index (χ3n) is 5.98. The van der Waals surface area contributed by atoms with Crippen LogP contribution in [0.3, 0.4) is 0 Å². The molecule has 32 heavy (non-hydrogen) atoms. The third-order valence-corrected chi connectivity index (χ3v) is 8.34. The SMILES string of the molecule is CCCCC=CCCCCC=CCCCCCCCCCOP(=O)(O)C(CC)[N+](C)(C)C. The monoisotopic (exact) mass is 472 g/mol. The second kappa shape index (κ2) is 20.0. The zero-order chi connectivity index (χ0) is 24.1. The molecule has 0 rings (SSSR count). The van der Waals surface area contributed by atoms with Crippen LogP contribution in [0.15, 0.2) is 24.3 Å². The summed E-state index contributed by atoms with van der Waals surface area (Å²) < 4.78 is 18.4. The summed E-state index contributed by atoms with van der Waals surface area (Å²) in [6, 6.07) is 0. The van der Waals surface area contributed by atoms with Crippen molar-refractivity contribution < 1.29 is 18.5 Å². The van der Waals surface area contributed by atoms with Gasteiger partial charge >= 0.3 is 7.60 Å². The molecule has 190 valence electrons. The maximum Gasteiger partial charge on any atom is 0.385 e. The van der Waals surface area contributed by atoms with E-state index in [9.17, 15) is 9.46 Å². The third kappa shape index (κ3) is 18.1. The van der Waals surface area contributed by atoms with Crippen molar-refractivity contribution in [2.24, 2.45) is 0 Å². The van der Waals surface area contributed by atoms with Gasteiger partial charge in [-0.1, -0.05) is 83.1 Å². The maximum atomic E-state index is 12.5. The molecule has 0 saturated heterocycles. The van der Waals surface area contributed by atoms with Crippen LogP contribution in [-0.4, -0.2) is 42.9 Å². The van der Waals surface area contributed by atoms with E-state index in [0.717, 1.165) is 12.8 Å². The highest BCUT2D eigenvalue weighted by molar-refractivity contribution is 7.53. The molecule has 0 aromatic carbocycles. The summed E-state index contributed by atoms with van der Waals surface area (Å²) in [6.07, 6.45) is 28.5. The highest BCUT2D eigenvalue weighted by Gasteiger charge is 2.41. The van der Waals surface area contributed by atoms with E-state index in [2.05, 4.69) is 31.2 Å². The molecule has 0 aromatic rings. The summed E-state index contributed by atoms with van der Waals surface area (Å²) in [4.78, 5) is 10.3. The highest BCUT2D eigenvalue weighted by Crippen LogP contribution is 2.51. The fraction of sp³-hybridized carbons (Fsp3) is 0.852. The fourth-order valence-corrected chi connectivity index (χ4v) is 5.96. The zero-order valence-corrected chi connectivity index (χ0v) is 23.0. The summed E-state index contributed by atoms with van der Waals surface area (Å²) in [5.41, 5.74) is 0. The van der Waals surface area contributed by atoms with Crippen LogP contribution in [-0.2, 0) is 9.09 Å². The van der Waals surface area contributed by atoms with Crippen LogP contribution in [0.4, 0.5) is 0 Å². The Morgan fingerprint density at radius 1 is 0.719 bits per heavy atom. The first-order valence-electron chi connectivity index (χ1n) is 13.3. The van der Waals surface area contributed by atoms with Gasteiger partial charge in [-0.2, -0.15) is 0 Å². The fourth-order valence-electron chi connectivity index (χ4n) is 4.06. The van der Waals surface area contributed by atoms with E-state index in [1.165, 1.54) is 83.5 Å². The van der Waals surface area contributed by atoms with E-state index < -0.39 is 7.60 Å². The van der Waals surface area contributed by atoms with E-state index >= 15 is 0 Å². The van der Waals surface area contributed by atoms with Gasteiger partial charge in [0.1, 0.15) is 0 Å². The van der Waals surface area contributed by atoms with Crippen molar-refractivity contribution in [3.8, 4) is 0 Å². The van der Waals surface area contributed by atoms with Crippen molar-refractivity contribution in [1.82, 2.24) is 0 Å². The maximum absolute atomic E-state index is 12.5. The molecule has 0 amide bonds. The Morgan fingerprint density at radius 3 is 1.56 bits per heavy atom. The molecule has 0 bridgehead atoms. The first-order chi connectivity index (χ1) is 15.3. The molecular weight excluding hydrogens is 417 g/mol. The predicted octanol–water partition coefficient (Wildman–Crippen LogP) is 8.61. The second-order valence-electron chi connectivity index (χ2n) is 10.0. The van der Waals surface area contributed by atoms with Gasteiger partial charge in [-0.25, -0.2) is 0 Å². The van der Waals surface area contributed by atoms with E-state index in [1.54, 1.807) is 0 Å². The molecule has 0 fully saturated rings. The number of hydrogen-bond donors (Lipinski definition) is 1. The minimum absolute atomic E-state index is 0.353. The van der Waals surface area contributed by atoms with Crippen LogP contribution in [0.1, 0.15) is 117 Å². The first kappa shape index (κ1) is 31.6. The first-order valence-corrected chi connectivity index (χ1v) is 15.0. The molecule has 0 spiro atoms. The summed E-state index contributed by atoms with van der Waals surface area (Å²) >= 11 is 0. The molecule has 2 unspecified atom stereocenters. The standard InChI is InChI=1S/C27H54NO3P/c1-6-8-9-10-11-12-13-14-15-16-17-18-19-20-21-22-23-24-25-26-31-32(29,30)27(7-2)28(3,4)5/h10-11,16-17,27H,6-9,12-15,18-26H2,1-5H3/p+1. The highest BCUT2D eigenvalue weighted by atomic mass is 31.2. The Hall–Kier alpha value is -0.410. The molecule has 1 N–H and O–H groups in total. The Kier molecular flexibility index (Phi) is 19.7. The van der Waals surface area contributed by atoms with E-state index in [0.29, 0.717) is 17.5 Å².